The Labute approximate surface area is 91.7 Å². The minimum absolute atomic E-state index is 0.737. The molecule has 0 unspecified atom stereocenters. The molecule has 1 N–H and O–H groups in total. The van der Waals surface area contributed by atoms with Crippen molar-refractivity contribution in [1.29, 1.82) is 0 Å². The molecule has 2 rings (SSSR count). The molecule has 0 saturated carbocycles. The Bertz CT molecular complexity index is 462. The van der Waals surface area contributed by atoms with Crippen molar-refractivity contribution < 1.29 is 4.74 Å². The largest absolute Gasteiger partial charge is 0.495 e. The van der Waals surface area contributed by atoms with Gasteiger partial charge < -0.3 is 10.1 Å². The van der Waals surface area contributed by atoms with Crippen molar-refractivity contribution in [2.75, 3.05) is 19.5 Å². The number of methoxy groups -OCH3 is 1. The molecule has 0 aromatic carbocycles. The fourth-order valence-corrected chi connectivity index (χ4v) is 2.24. The highest BCUT2D eigenvalue weighted by Gasteiger charge is 2.15. The molecule has 0 bridgehead atoms. The first kappa shape index (κ1) is 9.97. The second kappa shape index (κ2) is 3.90. The molecule has 2 aromatic heterocycles. The topological polar surface area (TPSA) is 52.0 Å². The van der Waals surface area contributed by atoms with Gasteiger partial charge in [0, 0.05) is 14.1 Å². The minimum atomic E-state index is 0.737. The average molecular weight is 224 g/mol. The number of hydrogen-bond acceptors (Lipinski definition) is 5. The van der Waals surface area contributed by atoms with Crippen molar-refractivity contribution in [2.24, 2.45) is 7.05 Å². The number of aromatic nitrogens is 3. The van der Waals surface area contributed by atoms with E-state index in [9.17, 15) is 0 Å². The van der Waals surface area contributed by atoms with Crippen molar-refractivity contribution >= 4 is 17.3 Å². The predicted molar refractivity (Wildman–Crippen MR) is 60.4 cm³/mol. The Morgan fingerprint density at radius 3 is 2.87 bits per heavy atom. The second-order valence-electron chi connectivity index (χ2n) is 2.97. The van der Waals surface area contributed by atoms with Crippen LogP contribution in [0.15, 0.2) is 11.4 Å². The summed E-state index contributed by atoms with van der Waals surface area (Å²) in [5.74, 6) is 2.38. The average Bonchev–Trinajstić information content (AvgIpc) is 2.83. The molecule has 0 amide bonds. The number of hydrogen-bond donors (Lipinski definition) is 1. The van der Waals surface area contributed by atoms with Crippen LogP contribution in [-0.4, -0.2) is 28.9 Å². The van der Waals surface area contributed by atoms with Gasteiger partial charge in [-0.05, 0) is 11.4 Å². The third-order valence-electron chi connectivity index (χ3n) is 2.15. The molecule has 0 aliphatic carbocycles. The van der Waals surface area contributed by atoms with Gasteiger partial charge in [-0.3, -0.25) is 4.57 Å². The molecule has 0 fully saturated rings. The number of nitrogens with one attached hydrogen (secondary N) is 1. The molecule has 0 radical (unpaired) electrons. The normalized spacial score (nSPS) is 10.3. The molecule has 15 heavy (non-hydrogen) atoms. The Kier molecular flexibility index (Phi) is 2.59. The van der Waals surface area contributed by atoms with E-state index in [2.05, 4.69) is 15.5 Å². The maximum atomic E-state index is 5.25. The van der Waals surface area contributed by atoms with E-state index in [4.69, 9.17) is 4.74 Å². The van der Waals surface area contributed by atoms with Gasteiger partial charge in [-0.25, -0.2) is 0 Å². The summed E-state index contributed by atoms with van der Waals surface area (Å²) in [4.78, 5) is 0.994. The first-order valence-electron chi connectivity index (χ1n) is 4.47. The molecule has 2 heterocycles. The molecule has 2 aromatic rings. The quantitative estimate of drug-likeness (QED) is 0.860. The van der Waals surface area contributed by atoms with E-state index >= 15 is 0 Å². The number of ether oxygens (including phenoxy) is 1. The lowest BCUT2D eigenvalue weighted by atomic mass is 10.4. The van der Waals surface area contributed by atoms with Crippen LogP contribution in [-0.2, 0) is 7.05 Å². The van der Waals surface area contributed by atoms with Crippen molar-refractivity contribution in [1.82, 2.24) is 14.8 Å². The van der Waals surface area contributed by atoms with Crippen LogP contribution in [0, 0.1) is 0 Å². The number of nitrogens with zero attached hydrogens (tertiary/aromatic N) is 3. The summed E-state index contributed by atoms with van der Waals surface area (Å²) >= 11 is 1.59. The zero-order valence-electron chi connectivity index (χ0n) is 8.81. The molecule has 0 atom stereocenters. The van der Waals surface area contributed by atoms with Gasteiger partial charge in [-0.2, -0.15) is 0 Å². The molecule has 0 spiro atoms. The van der Waals surface area contributed by atoms with Gasteiger partial charge in [-0.1, -0.05) is 0 Å². The van der Waals surface area contributed by atoms with E-state index in [-0.39, 0.29) is 0 Å². The number of anilines is 1. The van der Waals surface area contributed by atoms with Crippen LogP contribution >= 0.6 is 11.3 Å². The number of rotatable bonds is 3. The van der Waals surface area contributed by atoms with E-state index in [0.717, 1.165) is 22.4 Å². The lowest BCUT2D eigenvalue weighted by Gasteiger charge is -2.03. The van der Waals surface area contributed by atoms with E-state index in [1.807, 2.05) is 30.1 Å². The monoisotopic (exact) mass is 224 g/mol. The minimum Gasteiger partial charge on any atom is -0.495 e. The zero-order valence-corrected chi connectivity index (χ0v) is 9.63. The highest BCUT2D eigenvalue weighted by molar-refractivity contribution is 7.13. The van der Waals surface area contributed by atoms with Gasteiger partial charge >= 0.3 is 0 Å². The molecule has 5 nitrogen and oxygen atoms in total. The summed E-state index contributed by atoms with van der Waals surface area (Å²) in [7, 11) is 5.39. The van der Waals surface area contributed by atoms with Gasteiger partial charge in [0.05, 0.1) is 7.11 Å². The second-order valence-corrected chi connectivity index (χ2v) is 3.89. The molecule has 0 saturated heterocycles. The van der Waals surface area contributed by atoms with Crippen LogP contribution in [0.5, 0.6) is 5.75 Å². The van der Waals surface area contributed by atoms with Gasteiger partial charge in [-0.15, -0.1) is 21.5 Å². The van der Waals surface area contributed by atoms with Crippen LogP contribution in [0.1, 0.15) is 0 Å². The zero-order chi connectivity index (χ0) is 10.8. The molecular weight excluding hydrogens is 212 g/mol. The Morgan fingerprint density at radius 2 is 2.27 bits per heavy atom. The molecular formula is C9H12N4OS. The Balaban J connectivity index is 2.49. The first-order chi connectivity index (χ1) is 7.27. The van der Waals surface area contributed by atoms with Crippen LogP contribution in [0.2, 0.25) is 0 Å². The van der Waals surface area contributed by atoms with Crippen molar-refractivity contribution in [3.63, 3.8) is 0 Å². The summed E-state index contributed by atoms with van der Waals surface area (Å²) < 4.78 is 7.14. The summed E-state index contributed by atoms with van der Waals surface area (Å²) in [6.45, 7) is 0. The lowest BCUT2D eigenvalue weighted by molar-refractivity contribution is 0.417. The summed E-state index contributed by atoms with van der Waals surface area (Å²) in [6.07, 6.45) is 0. The van der Waals surface area contributed by atoms with Gasteiger partial charge in [0.15, 0.2) is 5.82 Å². The molecule has 0 aliphatic heterocycles. The molecule has 6 heteroatoms. The van der Waals surface area contributed by atoms with Crippen LogP contribution in [0.3, 0.4) is 0 Å². The highest BCUT2D eigenvalue weighted by atomic mass is 32.1. The maximum Gasteiger partial charge on any atom is 0.224 e. The van der Waals surface area contributed by atoms with Crippen molar-refractivity contribution in [3.8, 4) is 16.5 Å². The van der Waals surface area contributed by atoms with Crippen LogP contribution < -0.4 is 10.1 Å². The standard InChI is InChI=1S/C9H12N4OS/c1-10-9-12-11-8(13(9)2)7-6(14-3)4-5-15-7/h4-5H,1-3H3,(H,10,12). The van der Waals surface area contributed by atoms with Gasteiger partial charge in [0.2, 0.25) is 5.95 Å². The smallest absolute Gasteiger partial charge is 0.224 e. The van der Waals surface area contributed by atoms with Crippen molar-refractivity contribution in [2.45, 2.75) is 0 Å². The van der Waals surface area contributed by atoms with E-state index in [1.165, 1.54) is 0 Å². The van der Waals surface area contributed by atoms with Crippen molar-refractivity contribution in [3.05, 3.63) is 11.4 Å². The Hall–Kier alpha value is -1.56. The predicted octanol–water partition coefficient (Wildman–Crippen LogP) is 1.59. The summed E-state index contributed by atoms with van der Waals surface area (Å²) in [6, 6.07) is 1.92. The maximum absolute atomic E-state index is 5.25. The fourth-order valence-electron chi connectivity index (χ4n) is 1.37. The highest BCUT2D eigenvalue weighted by Crippen LogP contribution is 2.34. The third kappa shape index (κ3) is 1.56. The summed E-state index contributed by atoms with van der Waals surface area (Å²) in [5, 5.41) is 13.1. The SMILES string of the molecule is CNc1nnc(-c2sccc2OC)n1C. The summed E-state index contributed by atoms with van der Waals surface area (Å²) in [5.41, 5.74) is 0. The third-order valence-corrected chi connectivity index (χ3v) is 3.04. The molecule has 80 valence electrons. The van der Waals surface area contributed by atoms with Crippen LogP contribution in [0.25, 0.3) is 10.7 Å². The van der Waals surface area contributed by atoms with Gasteiger partial charge in [0.1, 0.15) is 10.6 Å². The van der Waals surface area contributed by atoms with E-state index in [0.29, 0.717) is 0 Å². The Morgan fingerprint density at radius 1 is 1.47 bits per heavy atom. The lowest BCUT2D eigenvalue weighted by Crippen LogP contribution is -1.99. The molecule has 0 aliphatic rings. The van der Waals surface area contributed by atoms with E-state index < -0.39 is 0 Å². The fraction of sp³-hybridized carbons (Fsp3) is 0.333. The van der Waals surface area contributed by atoms with Crippen LogP contribution in [0.4, 0.5) is 5.95 Å². The van der Waals surface area contributed by atoms with E-state index in [1.54, 1.807) is 18.4 Å². The van der Waals surface area contributed by atoms with Gasteiger partial charge in [0.25, 0.3) is 0 Å². The number of thiophene rings is 1. The first-order valence-corrected chi connectivity index (χ1v) is 5.35.